The quantitative estimate of drug-likeness (QED) is 0.512. The lowest BCUT2D eigenvalue weighted by molar-refractivity contribution is -0.121. The molecule has 1 aliphatic rings. The average Bonchev–Trinajstić information content (AvgIpc) is 3.36. The van der Waals surface area contributed by atoms with Gasteiger partial charge in [-0.3, -0.25) is 9.69 Å². The first-order valence-electron chi connectivity index (χ1n) is 9.24. The summed E-state index contributed by atoms with van der Waals surface area (Å²) in [6.07, 6.45) is 1.88. The van der Waals surface area contributed by atoms with Crippen LogP contribution in [-0.4, -0.2) is 34.0 Å². The van der Waals surface area contributed by atoms with Crippen LogP contribution in [0.3, 0.4) is 0 Å². The molecule has 0 radical (unpaired) electrons. The Balaban J connectivity index is 1.37. The third-order valence-electron chi connectivity index (χ3n) is 4.89. The first kappa shape index (κ1) is 19.5. The van der Waals surface area contributed by atoms with E-state index in [1.54, 1.807) is 11.3 Å². The van der Waals surface area contributed by atoms with Gasteiger partial charge in [0.05, 0.1) is 17.3 Å². The highest BCUT2D eigenvalue weighted by molar-refractivity contribution is 14.1. The van der Waals surface area contributed by atoms with Crippen molar-refractivity contribution >= 4 is 45.5 Å². The molecule has 1 unspecified atom stereocenters. The van der Waals surface area contributed by atoms with Gasteiger partial charge in [-0.05, 0) is 84.1 Å². The molecule has 0 spiro atoms. The molecule has 3 heterocycles. The van der Waals surface area contributed by atoms with Crippen LogP contribution in [0.2, 0.25) is 0 Å². The molecule has 2 aromatic heterocycles. The van der Waals surface area contributed by atoms with E-state index in [1.165, 1.54) is 3.57 Å². The standard InChI is InChI=1S/C20H21IN4O2S/c1-13-10-15(21)6-7-16(13)22-20(26)14-4-2-8-25(11-14)12-18-23-19(24-27-18)17-5-3-9-28-17/h3,5-7,9-10,14H,2,4,8,11-12H2,1H3,(H,22,26). The lowest BCUT2D eigenvalue weighted by Crippen LogP contribution is -2.40. The zero-order valence-electron chi connectivity index (χ0n) is 15.5. The molecule has 146 valence electrons. The Morgan fingerprint density at radius 1 is 1.43 bits per heavy atom. The normalized spacial score (nSPS) is 17.6. The number of piperidine rings is 1. The van der Waals surface area contributed by atoms with Crippen LogP contribution in [0.25, 0.3) is 10.7 Å². The Labute approximate surface area is 181 Å². The fourth-order valence-electron chi connectivity index (χ4n) is 3.43. The highest BCUT2D eigenvalue weighted by atomic mass is 127. The second-order valence-corrected chi connectivity index (χ2v) is 9.21. The summed E-state index contributed by atoms with van der Waals surface area (Å²) in [5, 5.41) is 9.16. The molecule has 28 heavy (non-hydrogen) atoms. The molecule has 1 N–H and O–H groups in total. The number of carbonyl (C=O) groups excluding carboxylic acids is 1. The number of aryl methyl sites for hydroxylation is 1. The van der Waals surface area contributed by atoms with E-state index in [1.807, 2.05) is 36.6 Å². The Morgan fingerprint density at radius 2 is 2.32 bits per heavy atom. The van der Waals surface area contributed by atoms with Crippen LogP contribution in [0.4, 0.5) is 5.69 Å². The van der Waals surface area contributed by atoms with E-state index in [0.717, 1.165) is 35.5 Å². The minimum absolute atomic E-state index is 0.0351. The molecule has 1 atom stereocenters. The maximum Gasteiger partial charge on any atom is 0.241 e. The van der Waals surface area contributed by atoms with Gasteiger partial charge in [-0.1, -0.05) is 11.2 Å². The number of thiophene rings is 1. The summed E-state index contributed by atoms with van der Waals surface area (Å²) >= 11 is 3.87. The van der Waals surface area contributed by atoms with Gasteiger partial charge in [0.15, 0.2) is 0 Å². The minimum Gasteiger partial charge on any atom is -0.338 e. The number of carbonyl (C=O) groups is 1. The van der Waals surface area contributed by atoms with Gasteiger partial charge in [0.25, 0.3) is 0 Å². The monoisotopic (exact) mass is 508 g/mol. The second kappa shape index (κ2) is 8.71. The zero-order valence-corrected chi connectivity index (χ0v) is 18.5. The lowest BCUT2D eigenvalue weighted by Gasteiger charge is -2.31. The van der Waals surface area contributed by atoms with Gasteiger partial charge < -0.3 is 9.84 Å². The molecule has 1 saturated heterocycles. The third-order valence-corrected chi connectivity index (χ3v) is 6.43. The van der Waals surface area contributed by atoms with E-state index in [9.17, 15) is 4.79 Å². The van der Waals surface area contributed by atoms with Crippen molar-refractivity contribution in [1.82, 2.24) is 15.0 Å². The predicted octanol–water partition coefficient (Wildman–Crippen LogP) is 4.56. The van der Waals surface area contributed by atoms with Gasteiger partial charge in [-0.25, -0.2) is 0 Å². The number of nitrogens with zero attached hydrogens (tertiary/aromatic N) is 3. The van der Waals surface area contributed by atoms with Crippen LogP contribution < -0.4 is 5.32 Å². The molecule has 6 nitrogen and oxygen atoms in total. The van der Waals surface area contributed by atoms with Crippen LogP contribution in [0.1, 0.15) is 24.3 Å². The molecule has 1 amide bonds. The molecule has 1 fully saturated rings. The van der Waals surface area contributed by atoms with E-state index in [2.05, 4.69) is 49.0 Å². The summed E-state index contributed by atoms with van der Waals surface area (Å²) in [6, 6.07) is 10.0. The SMILES string of the molecule is Cc1cc(I)ccc1NC(=O)C1CCCN(Cc2nc(-c3cccs3)no2)C1. The number of hydrogen-bond acceptors (Lipinski definition) is 6. The molecule has 3 aromatic rings. The van der Waals surface area contributed by atoms with Crippen molar-refractivity contribution in [2.45, 2.75) is 26.3 Å². The number of halogens is 1. The van der Waals surface area contributed by atoms with Crippen molar-refractivity contribution in [1.29, 1.82) is 0 Å². The lowest BCUT2D eigenvalue weighted by atomic mass is 9.97. The number of nitrogens with one attached hydrogen (secondary N) is 1. The number of aromatic nitrogens is 2. The summed E-state index contributed by atoms with van der Waals surface area (Å²) in [4.78, 5) is 20.5. The van der Waals surface area contributed by atoms with E-state index in [4.69, 9.17) is 4.52 Å². The maximum absolute atomic E-state index is 12.8. The van der Waals surface area contributed by atoms with Crippen LogP contribution in [0.5, 0.6) is 0 Å². The number of hydrogen-bond donors (Lipinski definition) is 1. The first-order chi connectivity index (χ1) is 13.6. The fraction of sp³-hybridized carbons (Fsp3) is 0.350. The number of likely N-dealkylation sites (tertiary alicyclic amines) is 1. The van der Waals surface area contributed by atoms with Gasteiger partial charge in [-0.15, -0.1) is 11.3 Å². The van der Waals surface area contributed by atoms with E-state index < -0.39 is 0 Å². The number of rotatable bonds is 5. The number of benzene rings is 1. The van der Waals surface area contributed by atoms with Gasteiger partial charge in [0.1, 0.15) is 0 Å². The van der Waals surface area contributed by atoms with E-state index >= 15 is 0 Å². The van der Waals surface area contributed by atoms with Gasteiger partial charge in [0, 0.05) is 15.8 Å². The maximum atomic E-state index is 12.8. The van der Waals surface area contributed by atoms with Crippen molar-refractivity contribution in [3.63, 3.8) is 0 Å². The molecule has 0 aliphatic carbocycles. The van der Waals surface area contributed by atoms with Crippen LogP contribution in [0, 0.1) is 16.4 Å². The molecule has 0 saturated carbocycles. The van der Waals surface area contributed by atoms with Crippen molar-refractivity contribution in [3.8, 4) is 10.7 Å². The summed E-state index contributed by atoms with van der Waals surface area (Å²) in [7, 11) is 0. The third kappa shape index (κ3) is 4.61. The smallest absolute Gasteiger partial charge is 0.241 e. The Hall–Kier alpha value is -1.78. The predicted molar refractivity (Wildman–Crippen MR) is 118 cm³/mol. The Kier molecular flexibility index (Phi) is 6.07. The average molecular weight is 508 g/mol. The number of anilines is 1. The molecule has 4 rings (SSSR count). The van der Waals surface area contributed by atoms with Crippen LogP contribution >= 0.6 is 33.9 Å². The summed E-state index contributed by atoms with van der Waals surface area (Å²) < 4.78 is 6.58. The highest BCUT2D eigenvalue weighted by Crippen LogP contribution is 2.24. The van der Waals surface area contributed by atoms with Crippen molar-refractivity contribution in [2.24, 2.45) is 5.92 Å². The summed E-state index contributed by atoms with van der Waals surface area (Å²) in [5.74, 6) is 1.27. The topological polar surface area (TPSA) is 71.3 Å². The molecular weight excluding hydrogens is 487 g/mol. The second-order valence-electron chi connectivity index (χ2n) is 7.01. The van der Waals surface area contributed by atoms with Gasteiger partial charge in [0.2, 0.25) is 17.6 Å². The minimum atomic E-state index is -0.0351. The number of amides is 1. The molecule has 1 aliphatic heterocycles. The molecule has 0 bridgehead atoms. The zero-order chi connectivity index (χ0) is 19.5. The largest absolute Gasteiger partial charge is 0.338 e. The van der Waals surface area contributed by atoms with Crippen molar-refractivity contribution in [2.75, 3.05) is 18.4 Å². The van der Waals surface area contributed by atoms with Gasteiger partial charge in [-0.2, -0.15) is 4.98 Å². The van der Waals surface area contributed by atoms with Crippen LogP contribution in [-0.2, 0) is 11.3 Å². The Morgan fingerprint density at radius 3 is 3.11 bits per heavy atom. The van der Waals surface area contributed by atoms with Crippen molar-refractivity contribution in [3.05, 3.63) is 50.7 Å². The first-order valence-corrected chi connectivity index (χ1v) is 11.2. The van der Waals surface area contributed by atoms with Crippen molar-refractivity contribution < 1.29 is 9.32 Å². The molecule has 1 aromatic carbocycles. The summed E-state index contributed by atoms with van der Waals surface area (Å²) in [5.41, 5.74) is 1.97. The van der Waals surface area contributed by atoms with E-state index in [0.29, 0.717) is 24.8 Å². The van der Waals surface area contributed by atoms with E-state index in [-0.39, 0.29) is 11.8 Å². The summed E-state index contributed by atoms with van der Waals surface area (Å²) in [6.45, 7) is 4.23. The molecular formula is C20H21IN4O2S. The fourth-order valence-corrected chi connectivity index (χ4v) is 4.73. The molecule has 8 heteroatoms. The Bertz CT molecular complexity index is 957. The highest BCUT2D eigenvalue weighted by Gasteiger charge is 2.27. The van der Waals surface area contributed by atoms with Gasteiger partial charge >= 0.3 is 0 Å². The van der Waals surface area contributed by atoms with Crippen LogP contribution in [0.15, 0.2) is 40.2 Å².